The van der Waals surface area contributed by atoms with Crippen LogP contribution in [0.2, 0.25) is 0 Å². The largest absolute Gasteiger partial charge is 0.369 e. The van der Waals surface area contributed by atoms with Gasteiger partial charge in [-0.1, -0.05) is 26.0 Å². The molecule has 1 aliphatic heterocycles. The number of imidazole rings is 1. The number of hydrogen-bond donors (Lipinski definition) is 2. The molecule has 1 saturated heterocycles. The van der Waals surface area contributed by atoms with Crippen LogP contribution in [0.3, 0.4) is 0 Å². The minimum Gasteiger partial charge on any atom is -0.369 e. The topological polar surface area (TPSA) is 152 Å². The molecule has 4 rings (SSSR count). The van der Waals surface area contributed by atoms with Crippen LogP contribution in [0.25, 0.3) is 11.4 Å². The van der Waals surface area contributed by atoms with Gasteiger partial charge in [0.1, 0.15) is 11.6 Å². The van der Waals surface area contributed by atoms with E-state index in [1.165, 1.54) is 12.1 Å². The number of hydrogen-bond acceptors (Lipinski definition) is 6. The predicted octanol–water partition coefficient (Wildman–Crippen LogP) is 3.65. The van der Waals surface area contributed by atoms with Crippen LogP contribution in [0.15, 0.2) is 30.5 Å². The van der Waals surface area contributed by atoms with Gasteiger partial charge in [-0.05, 0) is 43.4 Å². The molecule has 10 nitrogen and oxygen atoms in total. The van der Waals surface area contributed by atoms with Crippen LogP contribution in [0.4, 0.5) is 5.69 Å². The quantitative estimate of drug-likeness (QED) is 0.368. The molecule has 198 valence electrons. The van der Waals surface area contributed by atoms with E-state index in [0.29, 0.717) is 43.7 Å². The molecule has 1 saturated carbocycles. The van der Waals surface area contributed by atoms with Crippen LogP contribution in [0.5, 0.6) is 0 Å². The van der Waals surface area contributed by atoms with Crippen LogP contribution in [-0.2, 0) is 20.8 Å². The van der Waals surface area contributed by atoms with Crippen molar-refractivity contribution in [2.75, 3.05) is 13.1 Å². The van der Waals surface area contributed by atoms with E-state index in [-0.39, 0.29) is 59.3 Å². The summed E-state index contributed by atoms with van der Waals surface area (Å²) in [5, 5.41) is 11.1. The molecule has 1 aromatic heterocycles. The maximum atomic E-state index is 13.0. The molecule has 0 bridgehead atoms. The second-order valence-corrected chi connectivity index (χ2v) is 11.0. The molecule has 0 radical (unpaired) electrons. The van der Waals surface area contributed by atoms with E-state index < -0.39 is 4.92 Å². The van der Waals surface area contributed by atoms with E-state index in [1.54, 1.807) is 23.2 Å². The zero-order valence-corrected chi connectivity index (χ0v) is 21.4. The molecule has 2 heterocycles. The smallest absolute Gasteiger partial charge is 0.270 e. The van der Waals surface area contributed by atoms with Gasteiger partial charge in [0.2, 0.25) is 11.8 Å². The van der Waals surface area contributed by atoms with E-state index in [4.69, 9.17) is 5.73 Å². The van der Waals surface area contributed by atoms with Crippen LogP contribution in [-0.4, -0.2) is 50.5 Å². The molecule has 10 heteroatoms. The third-order valence-electron chi connectivity index (χ3n) is 8.17. The fraction of sp³-hybridized carbons (Fsp3) is 0.556. The normalized spacial score (nSPS) is 21.3. The van der Waals surface area contributed by atoms with Crippen molar-refractivity contribution in [1.29, 1.82) is 0 Å². The number of nitro benzene ring substituents is 1. The Morgan fingerprint density at radius 1 is 1.22 bits per heavy atom. The summed E-state index contributed by atoms with van der Waals surface area (Å²) in [6.07, 6.45) is 5.72. The molecular weight excluding hydrogens is 474 g/mol. The number of piperidine rings is 1. The average molecular weight is 510 g/mol. The van der Waals surface area contributed by atoms with Gasteiger partial charge in [0.05, 0.1) is 4.92 Å². The van der Waals surface area contributed by atoms with Crippen molar-refractivity contribution in [3.05, 3.63) is 46.3 Å². The first kappa shape index (κ1) is 26.5. The molecule has 1 aromatic carbocycles. The average Bonchev–Trinajstić information content (AvgIpc) is 3.35. The molecule has 2 aliphatic rings. The van der Waals surface area contributed by atoms with Crippen molar-refractivity contribution in [3.63, 3.8) is 0 Å². The number of Topliss-reactive ketones (excluding diaryl/α,β-unsaturated/α-hetero) is 1. The number of aryl methyl sites for hydroxylation is 1. The Morgan fingerprint density at radius 2 is 1.95 bits per heavy atom. The lowest BCUT2D eigenvalue weighted by molar-refractivity contribution is -0.384. The van der Waals surface area contributed by atoms with Gasteiger partial charge in [0.25, 0.3) is 5.69 Å². The first-order valence-corrected chi connectivity index (χ1v) is 12.9. The van der Waals surface area contributed by atoms with Crippen LogP contribution in [0, 0.1) is 33.3 Å². The van der Waals surface area contributed by atoms with Crippen LogP contribution >= 0.6 is 0 Å². The highest BCUT2D eigenvalue weighted by atomic mass is 16.6. The maximum absolute atomic E-state index is 13.0. The lowest BCUT2D eigenvalue weighted by atomic mass is 9.53. The molecule has 0 unspecified atom stereocenters. The highest BCUT2D eigenvalue weighted by molar-refractivity contribution is 5.87. The summed E-state index contributed by atoms with van der Waals surface area (Å²) in [4.78, 5) is 57.0. The van der Waals surface area contributed by atoms with Crippen molar-refractivity contribution >= 4 is 23.3 Å². The van der Waals surface area contributed by atoms with Gasteiger partial charge in [0.15, 0.2) is 0 Å². The van der Waals surface area contributed by atoms with Crippen molar-refractivity contribution in [3.8, 4) is 11.4 Å². The van der Waals surface area contributed by atoms with Crippen molar-refractivity contribution in [2.24, 2.45) is 28.9 Å². The van der Waals surface area contributed by atoms with Gasteiger partial charge in [-0.25, -0.2) is 4.98 Å². The van der Waals surface area contributed by atoms with Gasteiger partial charge in [-0.2, -0.15) is 0 Å². The number of non-ortho nitro benzene ring substituents is 1. The number of benzene rings is 1. The summed E-state index contributed by atoms with van der Waals surface area (Å²) in [5.74, 6) is 0.382. The zero-order chi connectivity index (χ0) is 26.7. The summed E-state index contributed by atoms with van der Waals surface area (Å²) in [7, 11) is 0. The Hall–Kier alpha value is -3.56. The fourth-order valence-corrected chi connectivity index (χ4v) is 5.87. The molecule has 2 fully saturated rings. The summed E-state index contributed by atoms with van der Waals surface area (Å²) in [6, 6.07) is 6.35. The highest BCUT2D eigenvalue weighted by Crippen LogP contribution is 2.53. The van der Waals surface area contributed by atoms with Gasteiger partial charge < -0.3 is 15.6 Å². The number of H-pyrrole nitrogens is 1. The third-order valence-corrected chi connectivity index (χ3v) is 8.17. The number of carbonyl (C=O) groups excluding carboxylic acids is 3. The standard InChI is InChI=1S/C27H35N5O5/c1-27(2)15-21(23(33)8-9-24(34)31-12-10-17(11-13-31)25(28)35)22(27)7-6-19-16-29-26(30-19)18-4-3-5-20(14-18)32(36)37/h3-5,14,16-17,21-22H,6-13,15H2,1-2H3,(H2,28,35)(H,29,30)/t21-,22+/m0/s1. The van der Waals surface area contributed by atoms with Crippen LogP contribution < -0.4 is 5.73 Å². The Bertz CT molecular complexity index is 1180. The van der Waals surface area contributed by atoms with E-state index in [2.05, 4.69) is 23.8 Å². The monoisotopic (exact) mass is 509 g/mol. The Morgan fingerprint density at radius 3 is 2.59 bits per heavy atom. The highest BCUT2D eigenvalue weighted by Gasteiger charge is 2.49. The second-order valence-electron chi connectivity index (χ2n) is 11.0. The number of aromatic nitrogens is 2. The maximum Gasteiger partial charge on any atom is 0.270 e. The molecule has 2 aromatic rings. The number of nitrogens with zero attached hydrogens (tertiary/aromatic N) is 3. The first-order valence-electron chi connectivity index (χ1n) is 12.9. The van der Waals surface area contributed by atoms with Gasteiger partial charge in [-0.15, -0.1) is 0 Å². The zero-order valence-electron chi connectivity index (χ0n) is 21.4. The van der Waals surface area contributed by atoms with Crippen molar-refractivity contribution in [1.82, 2.24) is 14.9 Å². The SMILES string of the molecule is CC1(C)C[C@H](C(=O)CCC(=O)N2CCC(C(N)=O)CC2)[C@H]1CCc1cnc(-c2cccc([N+](=O)[O-])c2)[nH]1. The minimum absolute atomic E-state index is 0.0154. The third kappa shape index (κ3) is 6.06. The fourth-order valence-electron chi connectivity index (χ4n) is 5.87. The van der Waals surface area contributed by atoms with E-state index in [1.807, 2.05) is 0 Å². The summed E-state index contributed by atoms with van der Waals surface area (Å²) in [6.45, 7) is 5.39. The Balaban J connectivity index is 1.28. The second kappa shape index (κ2) is 10.8. The predicted molar refractivity (Wildman–Crippen MR) is 137 cm³/mol. The molecule has 37 heavy (non-hydrogen) atoms. The minimum atomic E-state index is -0.428. The number of amides is 2. The van der Waals surface area contributed by atoms with Crippen LogP contribution in [0.1, 0.15) is 58.1 Å². The number of nitro groups is 1. The number of carbonyl (C=O) groups is 3. The van der Waals surface area contributed by atoms with Gasteiger partial charge >= 0.3 is 0 Å². The molecule has 2 amide bonds. The Labute approximate surface area is 216 Å². The van der Waals surface area contributed by atoms with E-state index in [9.17, 15) is 24.5 Å². The molecule has 2 atom stereocenters. The summed E-state index contributed by atoms with van der Waals surface area (Å²) >= 11 is 0. The number of rotatable bonds is 10. The van der Waals surface area contributed by atoms with E-state index >= 15 is 0 Å². The lowest BCUT2D eigenvalue weighted by Gasteiger charge is -2.51. The number of nitrogens with two attached hydrogens (primary N) is 1. The lowest BCUT2D eigenvalue weighted by Crippen LogP contribution is -2.48. The van der Waals surface area contributed by atoms with Crippen molar-refractivity contribution in [2.45, 2.75) is 58.8 Å². The summed E-state index contributed by atoms with van der Waals surface area (Å²) in [5.41, 5.74) is 7.00. The number of aromatic amines is 1. The molecule has 1 aliphatic carbocycles. The number of likely N-dealkylation sites (tertiary alicyclic amines) is 1. The van der Waals surface area contributed by atoms with Gasteiger partial charge in [-0.3, -0.25) is 24.5 Å². The van der Waals surface area contributed by atoms with E-state index in [0.717, 1.165) is 18.5 Å². The Kier molecular flexibility index (Phi) is 7.75. The first-order chi connectivity index (χ1) is 17.5. The molecule has 0 spiro atoms. The molecule has 3 N–H and O–H groups in total. The number of primary amides is 1. The number of nitrogens with one attached hydrogen (secondary N) is 1. The summed E-state index contributed by atoms with van der Waals surface area (Å²) < 4.78 is 0. The molecular formula is C27H35N5O5. The van der Waals surface area contributed by atoms with Crippen molar-refractivity contribution < 1.29 is 19.3 Å². The number of ketones is 1. The van der Waals surface area contributed by atoms with Gasteiger partial charge in [0, 0.05) is 67.4 Å².